The molecule has 1 aliphatic heterocycles. The van der Waals surface area contributed by atoms with Crippen LogP contribution in [0.15, 0.2) is 48.7 Å². The number of aromatic nitrogens is 2. The van der Waals surface area contributed by atoms with Crippen LogP contribution in [0.5, 0.6) is 0 Å². The molecule has 0 fully saturated rings. The minimum absolute atomic E-state index is 0.130. The van der Waals surface area contributed by atoms with Crippen molar-refractivity contribution in [2.24, 2.45) is 0 Å². The van der Waals surface area contributed by atoms with Crippen molar-refractivity contribution in [2.75, 3.05) is 5.32 Å². The van der Waals surface area contributed by atoms with Crippen LogP contribution >= 0.6 is 0 Å². The van der Waals surface area contributed by atoms with Crippen molar-refractivity contribution in [3.05, 3.63) is 82.3 Å². The predicted molar refractivity (Wildman–Crippen MR) is 121 cm³/mol. The summed E-state index contributed by atoms with van der Waals surface area (Å²) in [5.41, 5.74) is 3.44. The molecule has 2 N–H and O–H groups in total. The first-order chi connectivity index (χ1) is 16.2. The largest absolute Gasteiger partial charge is 0.410 e. The Kier molecular flexibility index (Phi) is 6.63. The van der Waals surface area contributed by atoms with E-state index in [0.29, 0.717) is 11.1 Å². The first kappa shape index (κ1) is 23.8. The SMILES string of the molecule is CCc1ccc([C@H]2C[C@@H](C(F)(F)F)n3ncc(CC(=O)NCc4ccc(F)c(C)c4)c3N2)cc1. The first-order valence-electron chi connectivity index (χ1n) is 11.2. The summed E-state index contributed by atoms with van der Waals surface area (Å²) in [4.78, 5) is 12.5. The van der Waals surface area contributed by atoms with Gasteiger partial charge in [0.25, 0.3) is 0 Å². The van der Waals surface area contributed by atoms with E-state index >= 15 is 0 Å². The molecule has 0 aliphatic carbocycles. The normalized spacial score (nSPS) is 17.7. The number of alkyl halides is 3. The maximum atomic E-state index is 13.9. The summed E-state index contributed by atoms with van der Waals surface area (Å²) in [5, 5.41) is 9.88. The summed E-state index contributed by atoms with van der Waals surface area (Å²) >= 11 is 0. The third-order valence-electron chi connectivity index (χ3n) is 6.17. The van der Waals surface area contributed by atoms with E-state index in [0.717, 1.165) is 27.8 Å². The molecule has 1 amide bonds. The standard InChI is InChI=1S/C25H26F4N4O/c1-3-16-4-7-18(8-5-16)21-12-22(25(27,28)29)33-24(32-21)19(14-31-33)11-23(34)30-13-17-6-9-20(26)15(2)10-17/h4-10,14,21-22,32H,3,11-13H2,1-2H3,(H,30,34)/t21-,22+/m1/s1. The van der Waals surface area contributed by atoms with Crippen molar-refractivity contribution in [3.63, 3.8) is 0 Å². The maximum Gasteiger partial charge on any atom is 0.410 e. The predicted octanol–water partition coefficient (Wildman–Crippen LogP) is 5.41. The highest BCUT2D eigenvalue weighted by Gasteiger charge is 2.46. The second kappa shape index (κ2) is 9.48. The first-order valence-corrected chi connectivity index (χ1v) is 11.2. The van der Waals surface area contributed by atoms with Crippen LogP contribution in [0, 0.1) is 12.7 Å². The fourth-order valence-corrected chi connectivity index (χ4v) is 4.20. The monoisotopic (exact) mass is 474 g/mol. The highest BCUT2D eigenvalue weighted by Crippen LogP contribution is 2.44. The van der Waals surface area contributed by atoms with Crippen LogP contribution in [0.25, 0.3) is 0 Å². The zero-order valence-corrected chi connectivity index (χ0v) is 18.9. The van der Waals surface area contributed by atoms with Crippen LogP contribution in [0.1, 0.15) is 53.2 Å². The van der Waals surface area contributed by atoms with Gasteiger partial charge in [0.1, 0.15) is 11.6 Å². The Morgan fingerprint density at radius 2 is 1.88 bits per heavy atom. The van der Waals surface area contributed by atoms with Gasteiger partial charge in [-0.25, -0.2) is 9.07 Å². The molecule has 5 nitrogen and oxygen atoms in total. The molecular weight excluding hydrogens is 448 g/mol. The second-order valence-corrected chi connectivity index (χ2v) is 8.59. The van der Waals surface area contributed by atoms with Gasteiger partial charge in [0.2, 0.25) is 5.91 Å². The molecule has 0 unspecified atom stereocenters. The lowest BCUT2D eigenvalue weighted by Gasteiger charge is -2.34. The van der Waals surface area contributed by atoms with Crippen molar-refractivity contribution in [3.8, 4) is 0 Å². The summed E-state index contributed by atoms with van der Waals surface area (Å²) < 4.78 is 56.0. The number of hydrogen-bond donors (Lipinski definition) is 2. The number of benzene rings is 2. The molecule has 0 spiro atoms. The molecule has 180 valence electrons. The molecule has 0 saturated carbocycles. The van der Waals surface area contributed by atoms with E-state index in [1.54, 1.807) is 19.1 Å². The van der Waals surface area contributed by atoms with Gasteiger partial charge in [0.05, 0.1) is 18.7 Å². The molecule has 0 saturated heterocycles. The van der Waals surface area contributed by atoms with Crippen LogP contribution in [0.2, 0.25) is 0 Å². The Morgan fingerprint density at radius 3 is 2.53 bits per heavy atom. The zero-order valence-electron chi connectivity index (χ0n) is 18.9. The summed E-state index contributed by atoms with van der Waals surface area (Å²) in [6.07, 6.45) is -2.66. The third kappa shape index (κ3) is 5.08. The number of amides is 1. The number of carbonyl (C=O) groups is 1. The number of hydrogen-bond acceptors (Lipinski definition) is 3. The topological polar surface area (TPSA) is 59.0 Å². The summed E-state index contributed by atoms with van der Waals surface area (Å²) in [5.74, 6) is -0.491. The van der Waals surface area contributed by atoms with Crippen LogP contribution < -0.4 is 10.6 Å². The van der Waals surface area contributed by atoms with Gasteiger partial charge in [0, 0.05) is 18.5 Å². The molecule has 2 heterocycles. The van der Waals surface area contributed by atoms with Gasteiger partial charge in [0.15, 0.2) is 6.04 Å². The van der Waals surface area contributed by atoms with Gasteiger partial charge in [-0.05, 0) is 41.7 Å². The van der Waals surface area contributed by atoms with E-state index in [9.17, 15) is 22.4 Å². The minimum Gasteiger partial charge on any atom is -0.363 e. The average molecular weight is 475 g/mol. The highest BCUT2D eigenvalue weighted by atomic mass is 19.4. The van der Waals surface area contributed by atoms with Crippen molar-refractivity contribution in [1.82, 2.24) is 15.1 Å². The van der Waals surface area contributed by atoms with Crippen molar-refractivity contribution in [2.45, 2.75) is 57.9 Å². The Hall–Kier alpha value is -3.36. The highest BCUT2D eigenvalue weighted by molar-refractivity contribution is 5.80. The van der Waals surface area contributed by atoms with Gasteiger partial charge >= 0.3 is 6.18 Å². The van der Waals surface area contributed by atoms with Crippen LogP contribution in [-0.2, 0) is 24.2 Å². The van der Waals surface area contributed by atoms with E-state index < -0.39 is 18.3 Å². The number of aryl methyl sites for hydroxylation is 2. The molecule has 34 heavy (non-hydrogen) atoms. The summed E-state index contributed by atoms with van der Waals surface area (Å²) in [6.45, 7) is 3.84. The fraction of sp³-hybridized carbons (Fsp3) is 0.360. The molecule has 9 heteroatoms. The van der Waals surface area contributed by atoms with Gasteiger partial charge < -0.3 is 10.6 Å². The van der Waals surface area contributed by atoms with Crippen LogP contribution in [-0.4, -0.2) is 21.9 Å². The summed E-state index contributed by atoms with van der Waals surface area (Å²) in [7, 11) is 0. The zero-order chi connectivity index (χ0) is 24.5. The van der Waals surface area contributed by atoms with Crippen molar-refractivity contribution in [1.29, 1.82) is 0 Å². The molecule has 3 aromatic rings. The van der Waals surface area contributed by atoms with Gasteiger partial charge in [-0.15, -0.1) is 0 Å². The van der Waals surface area contributed by atoms with Crippen molar-refractivity contribution < 1.29 is 22.4 Å². The van der Waals surface area contributed by atoms with E-state index in [1.165, 1.54) is 12.3 Å². The molecule has 1 aliphatic rings. The Bertz CT molecular complexity index is 1170. The van der Waals surface area contributed by atoms with Gasteiger partial charge in [-0.1, -0.05) is 43.3 Å². The maximum absolute atomic E-state index is 13.9. The lowest BCUT2D eigenvalue weighted by Crippen LogP contribution is -2.36. The lowest BCUT2D eigenvalue weighted by molar-refractivity contribution is -0.173. The average Bonchev–Trinajstić information content (AvgIpc) is 3.21. The molecular formula is C25H26F4N4O. The Labute approximate surface area is 195 Å². The number of halogens is 4. The number of fused-ring (bicyclic) bond motifs is 1. The van der Waals surface area contributed by atoms with Crippen LogP contribution in [0.4, 0.5) is 23.4 Å². The van der Waals surface area contributed by atoms with E-state index in [-0.39, 0.29) is 36.9 Å². The minimum atomic E-state index is -4.48. The number of nitrogens with one attached hydrogen (secondary N) is 2. The molecule has 4 rings (SSSR count). The number of anilines is 1. The molecule has 2 aromatic carbocycles. The van der Waals surface area contributed by atoms with Gasteiger partial charge in [-0.3, -0.25) is 4.79 Å². The molecule has 0 bridgehead atoms. The quantitative estimate of drug-likeness (QED) is 0.470. The van der Waals surface area contributed by atoms with E-state index in [2.05, 4.69) is 15.7 Å². The third-order valence-corrected chi connectivity index (χ3v) is 6.17. The Morgan fingerprint density at radius 1 is 1.18 bits per heavy atom. The second-order valence-electron chi connectivity index (χ2n) is 8.59. The summed E-state index contributed by atoms with van der Waals surface area (Å²) in [6, 6.07) is 9.70. The number of carbonyl (C=O) groups excluding carboxylic acids is 1. The van der Waals surface area contributed by atoms with Gasteiger partial charge in [-0.2, -0.15) is 18.3 Å². The fourth-order valence-electron chi connectivity index (χ4n) is 4.20. The van der Waals surface area contributed by atoms with Crippen LogP contribution in [0.3, 0.4) is 0 Å². The Balaban J connectivity index is 1.52. The van der Waals surface area contributed by atoms with E-state index in [1.807, 2.05) is 31.2 Å². The number of rotatable bonds is 6. The molecule has 2 atom stereocenters. The van der Waals surface area contributed by atoms with Crippen molar-refractivity contribution >= 4 is 11.7 Å². The smallest absolute Gasteiger partial charge is 0.363 e. The van der Waals surface area contributed by atoms with E-state index in [4.69, 9.17) is 0 Å². The lowest BCUT2D eigenvalue weighted by atomic mass is 9.95. The number of nitrogens with zero attached hydrogens (tertiary/aromatic N) is 2. The molecule has 1 aromatic heterocycles. The molecule has 0 radical (unpaired) electrons.